The van der Waals surface area contributed by atoms with Crippen LogP contribution in [0.5, 0.6) is 0 Å². The van der Waals surface area contributed by atoms with Crippen LogP contribution in [0.3, 0.4) is 0 Å². The molecule has 0 bridgehead atoms. The molecule has 15 heavy (non-hydrogen) atoms. The topological polar surface area (TPSA) is 43.4 Å². The van der Waals surface area contributed by atoms with Crippen LogP contribution in [0, 0.1) is 5.92 Å². The van der Waals surface area contributed by atoms with Crippen LogP contribution in [0.15, 0.2) is 11.6 Å². The van der Waals surface area contributed by atoms with Gasteiger partial charge < -0.3 is 4.74 Å². The summed E-state index contributed by atoms with van der Waals surface area (Å²) in [4.78, 5) is 22.5. The summed E-state index contributed by atoms with van der Waals surface area (Å²) < 4.78 is 5.22. The van der Waals surface area contributed by atoms with Crippen LogP contribution in [0.1, 0.15) is 39.0 Å². The van der Waals surface area contributed by atoms with E-state index in [0.717, 1.165) is 12.8 Å². The molecule has 1 fully saturated rings. The minimum Gasteiger partial charge on any atom is -0.454 e. The first-order valence-electron chi connectivity index (χ1n) is 5.61. The summed E-state index contributed by atoms with van der Waals surface area (Å²) in [6, 6.07) is 0. The van der Waals surface area contributed by atoms with Gasteiger partial charge in [-0.3, -0.25) is 4.79 Å². The third-order valence-electron chi connectivity index (χ3n) is 3.31. The van der Waals surface area contributed by atoms with Crippen molar-refractivity contribution >= 4 is 11.8 Å². The van der Waals surface area contributed by atoms with Gasteiger partial charge in [-0.2, -0.15) is 0 Å². The van der Waals surface area contributed by atoms with Crippen LogP contribution >= 0.6 is 0 Å². The molecule has 0 N–H and O–H groups in total. The lowest BCUT2D eigenvalue weighted by atomic mass is 9.82. The molecule has 2 rings (SSSR count). The molecule has 2 aliphatic rings. The quantitative estimate of drug-likeness (QED) is 0.652. The summed E-state index contributed by atoms with van der Waals surface area (Å²) in [7, 11) is 0. The second kappa shape index (κ2) is 4.17. The van der Waals surface area contributed by atoms with Gasteiger partial charge >= 0.3 is 5.97 Å². The SMILES string of the molecule is CC(=O)C1=CC(=O)OC1C1CCCCC1. The van der Waals surface area contributed by atoms with Crippen LogP contribution in [-0.2, 0) is 14.3 Å². The molecule has 0 aromatic carbocycles. The highest BCUT2D eigenvalue weighted by molar-refractivity contribution is 6.03. The van der Waals surface area contributed by atoms with Gasteiger partial charge in [0.15, 0.2) is 5.78 Å². The Labute approximate surface area is 89.5 Å². The Kier molecular flexibility index (Phi) is 2.89. The zero-order valence-corrected chi connectivity index (χ0v) is 8.99. The molecule has 0 amide bonds. The summed E-state index contributed by atoms with van der Waals surface area (Å²) in [5.41, 5.74) is 0.576. The first-order valence-corrected chi connectivity index (χ1v) is 5.61. The van der Waals surface area contributed by atoms with Crippen molar-refractivity contribution in [2.45, 2.75) is 45.1 Å². The fraction of sp³-hybridized carbons (Fsp3) is 0.667. The predicted molar refractivity (Wildman–Crippen MR) is 55.2 cm³/mol. The normalized spacial score (nSPS) is 27.4. The van der Waals surface area contributed by atoms with Crippen molar-refractivity contribution in [2.24, 2.45) is 5.92 Å². The van der Waals surface area contributed by atoms with Crippen molar-refractivity contribution < 1.29 is 14.3 Å². The number of esters is 1. The zero-order chi connectivity index (χ0) is 10.8. The first-order chi connectivity index (χ1) is 7.18. The van der Waals surface area contributed by atoms with Crippen LogP contribution in [-0.4, -0.2) is 17.9 Å². The predicted octanol–water partition coefficient (Wildman–Crippen LogP) is 2.01. The lowest BCUT2D eigenvalue weighted by Crippen LogP contribution is -2.27. The summed E-state index contributed by atoms with van der Waals surface area (Å²) in [6.07, 6.45) is 6.88. The maximum Gasteiger partial charge on any atom is 0.331 e. The Morgan fingerprint density at radius 1 is 1.33 bits per heavy atom. The average molecular weight is 208 g/mol. The van der Waals surface area contributed by atoms with Crippen LogP contribution in [0.4, 0.5) is 0 Å². The number of carbonyl (C=O) groups excluding carboxylic acids is 2. The molecule has 82 valence electrons. The maximum absolute atomic E-state index is 11.3. The number of ether oxygens (including phenoxy) is 1. The van der Waals surface area contributed by atoms with E-state index in [1.165, 1.54) is 32.3 Å². The Hall–Kier alpha value is -1.12. The summed E-state index contributed by atoms with van der Waals surface area (Å²) in [5, 5.41) is 0. The number of rotatable bonds is 2. The molecule has 0 saturated heterocycles. The molecule has 3 nitrogen and oxygen atoms in total. The fourth-order valence-corrected chi connectivity index (χ4v) is 2.52. The smallest absolute Gasteiger partial charge is 0.331 e. The number of hydrogen-bond donors (Lipinski definition) is 0. The second-order valence-corrected chi connectivity index (χ2v) is 4.41. The van der Waals surface area contributed by atoms with Crippen molar-refractivity contribution in [2.75, 3.05) is 0 Å². The Balaban J connectivity index is 2.11. The van der Waals surface area contributed by atoms with Gasteiger partial charge in [-0.25, -0.2) is 4.79 Å². The van der Waals surface area contributed by atoms with E-state index in [1.54, 1.807) is 0 Å². The van der Waals surface area contributed by atoms with Crippen LogP contribution in [0.2, 0.25) is 0 Å². The largest absolute Gasteiger partial charge is 0.454 e. The van der Waals surface area contributed by atoms with Crippen molar-refractivity contribution in [3.05, 3.63) is 11.6 Å². The molecule has 1 saturated carbocycles. The van der Waals surface area contributed by atoms with Crippen molar-refractivity contribution in [1.29, 1.82) is 0 Å². The number of carbonyl (C=O) groups is 2. The van der Waals surface area contributed by atoms with E-state index >= 15 is 0 Å². The third kappa shape index (κ3) is 2.11. The van der Waals surface area contributed by atoms with Gasteiger partial charge in [0.05, 0.1) is 0 Å². The van der Waals surface area contributed by atoms with Gasteiger partial charge in [-0.1, -0.05) is 19.3 Å². The van der Waals surface area contributed by atoms with E-state index in [1.807, 2.05) is 0 Å². The molecule has 0 aromatic heterocycles. The van der Waals surface area contributed by atoms with Gasteiger partial charge in [0.25, 0.3) is 0 Å². The monoisotopic (exact) mass is 208 g/mol. The Bertz CT molecular complexity index is 311. The Morgan fingerprint density at radius 2 is 2.00 bits per heavy atom. The fourth-order valence-electron chi connectivity index (χ4n) is 2.52. The summed E-state index contributed by atoms with van der Waals surface area (Å²) in [5.74, 6) is -0.0208. The van der Waals surface area contributed by atoms with Crippen molar-refractivity contribution in [1.82, 2.24) is 0 Å². The van der Waals surface area contributed by atoms with Crippen molar-refractivity contribution in [3.8, 4) is 0 Å². The molecular weight excluding hydrogens is 192 g/mol. The number of cyclic esters (lactones) is 1. The minimum absolute atomic E-state index is 0.0311. The van der Waals surface area contributed by atoms with E-state index in [2.05, 4.69) is 0 Å². The second-order valence-electron chi connectivity index (χ2n) is 4.41. The minimum atomic E-state index is -0.351. The first kappa shape index (κ1) is 10.4. The van der Waals surface area contributed by atoms with E-state index < -0.39 is 0 Å². The highest BCUT2D eigenvalue weighted by Crippen LogP contribution is 2.33. The Morgan fingerprint density at radius 3 is 2.60 bits per heavy atom. The van der Waals surface area contributed by atoms with E-state index in [-0.39, 0.29) is 17.9 Å². The molecule has 1 unspecified atom stereocenters. The lowest BCUT2D eigenvalue weighted by Gasteiger charge is -2.27. The summed E-state index contributed by atoms with van der Waals surface area (Å²) >= 11 is 0. The lowest BCUT2D eigenvalue weighted by molar-refractivity contribution is -0.141. The molecule has 0 radical (unpaired) electrons. The standard InChI is InChI=1S/C12H16O3/c1-8(13)10-7-11(14)15-12(10)9-5-3-2-4-6-9/h7,9,12H,2-6H2,1H3. The van der Waals surface area contributed by atoms with Gasteiger partial charge in [0.2, 0.25) is 0 Å². The van der Waals surface area contributed by atoms with Gasteiger partial charge in [-0.05, 0) is 19.8 Å². The van der Waals surface area contributed by atoms with Crippen LogP contribution in [0.25, 0.3) is 0 Å². The van der Waals surface area contributed by atoms with Crippen LogP contribution < -0.4 is 0 Å². The van der Waals surface area contributed by atoms with E-state index in [9.17, 15) is 9.59 Å². The molecule has 1 heterocycles. The average Bonchev–Trinajstić information content (AvgIpc) is 2.62. The van der Waals surface area contributed by atoms with Gasteiger partial charge in [0.1, 0.15) is 6.10 Å². The molecule has 0 aromatic rings. The molecule has 1 aliphatic heterocycles. The molecular formula is C12H16O3. The number of Topliss-reactive ketones (excluding diaryl/α,β-unsaturated/α-hetero) is 1. The highest BCUT2D eigenvalue weighted by Gasteiger charge is 2.35. The molecule has 0 spiro atoms. The third-order valence-corrected chi connectivity index (χ3v) is 3.31. The van der Waals surface area contributed by atoms with E-state index in [4.69, 9.17) is 4.74 Å². The highest BCUT2D eigenvalue weighted by atomic mass is 16.5. The van der Waals surface area contributed by atoms with Gasteiger partial charge in [-0.15, -0.1) is 0 Å². The van der Waals surface area contributed by atoms with E-state index in [0.29, 0.717) is 11.5 Å². The van der Waals surface area contributed by atoms with Gasteiger partial charge in [0, 0.05) is 17.6 Å². The number of ketones is 1. The summed E-state index contributed by atoms with van der Waals surface area (Å²) in [6.45, 7) is 1.50. The molecule has 1 aliphatic carbocycles. The number of hydrogen-bond acceptors (Lipinski definition) is 3. The maximum atomic E-state index is 11.3. The zero-order valence-electron chi connectivity index (χ0n) is 8.99. The molecule has 3 heteroatoms. The molecule has 1 atom stereocenters. The van der Waals surface area contributed by atoms with Crippen molar-refractivity contribution in [3.63, 3.8) is 0 Å².